The minimum absolute atomic E-state index is 0.0406. The van der Waals surface area contributed by atoms with E-state index in [1.165, 1.54) is 0 Å². The van der Waals surface area contributed by atoms with E-state index in [0.717, 1.165) is 6.42 Å². The number of hydrogen-bond donors (Lipinski definition) is 3. The fraction of sp³-hybridized carbons (Fsp3) is 0.889. The molecular weight excluding hydrogens is 198 g/mol. The lowest BCUT2D eigenvalue weighted by Gasteiger charge is -2.29. The van der Waals surface area contributed by atoms with Crippen LogP contribution in [0.3, 0.4) is 0 Å². The van der Waals surface area contributed by atoms with E-state index < -0.39 is 0 Å². The minimum atomic E-state index is -0.155. The highest BCUT2D eigenvalue weighted by atomic mass is 16.5. The van der Waals surface area contributed by atoms with Crippen molar-refractivity contribution in [1.29, 1.82) is 0 Å². The molecule has 6 nitrogen and oxygen atoms in total. The van der Waals surface area contributed by atoms with Gasteiger partial charge in [0.2, 0.25) is 0 Å². The minimum Gasteiger partial charge on any atom is -0.409 e. The van der Waals surface area contributed by atoms with E-state index in [1.54, 1.807) is 7.11 Å². The molecule has 15 heavy (non-hydrogen) atoms. The van der Waals surface area contributed by atoms with Gasteiger partial charge in [-0.15, -0.1) is 0 Å². The Kier molecular flexibility index (Phi) is 7.98. The molecule has 0 rings (SSSR count). The summed E-state index contributed by atoms with van der Waals surface area (Å²) in [6.07, 6.45) is 0.722. The van der Waals surface area contributed by atoms with Gasteiger partial charge in [0.1, 0.15) is 0 Å². The molecule has 0 aromatic rings. The van der Waals surface area contributed by atoms with Crippen molar-refractivity contribution in [2.75, 3.05) is 33.4 Å². The van der Waals surface area contributed by atoms with Crippen LogP contribution in [-0.4, -0.2) is 60.5 Å². The monoisotopic (exact) mass is 219 g/mol. The van der Waals surface area contributed by atoms with Crippen LogP contribution >= 0.6 is 0 Å². The summed E-state index contributed by atoms with van der Waals surface area (Å²) in [5.74, 6) is 0.169. The SMILES string of the molecule is CCC(C(N)=NO)N(CCO)CCOC. The van der Waals surface area contributed by atoms with Crippen LogP contribution in [-0.2, 0) is 4.74 Å². The molecule has 1 atom stereocenters. The molecule has 0 radical (unpaired) electrons. The summed E-state index contributed by atoms with van der Waals surface area (Å²) in [4.78, 5) is 1.93. The van der Waals surface area contributed by atoms with Gasteiger partial charge in [0.05, 0.1) is 19.3 Å². The van der Waals surface area contributed by atoms with Gasteiger partial charge in [0, 0.05) is 20.2 Å². The topological polar surface area (TPSA) is 91.3 Å². The zero-order valence-corrected chi connectivity index (χ0v) is 9.39. The molecule has 0 aliphatic heterocycles. The number of rotatable bonds is 8. The molecule has 0 amide bonds. The number of nitrogens with zero attached hydrogens (tertiary/aromatic N) is 2. The first-order valence-corrected chi connectivity index (χ1v) is 5.02. The van der Waals surface area contributed by atoms with Crippen molar-refractivity contribution in [2.24, 2.45) is 10.9 Å². The first-order chi connectivity index (χ1) is 7.21. The van der Waals surface area contributed by atoms with E-state index in [-0.39, 0.29) is 18.5 Å². The Morgan fingerprint density at radius 2 is 2.20 bits per heavy atom. The van der Waals surface area contributed by atoms with Gasteiger partial charge in [-0.3, -0.25) is 4.90 Å². The third kappa shape index (κ3) is 4.96. The van der Waals surface area contributed by atoms with Crippen LogP contribution in [0.1, 0.15) is 13.3 Å². The third-order valence-corrected chi connectivity index (χ3v) is 2.25. The van der Waals surface area contributed by atoms with Crippen LogP contribution in [0.4, 0.5) is 0 Å². The first-order valence-electron chi connectivity index (χ1n) is 5.02. The fourth-order valence-corrected chi connectivity index (χ4v) is 1.48. The van der Waals surface area contributed by atoms with Crippen LogP contribution in [0.2, 0.25) is 0 Å². The van der Waals surface area contributed by atoms with Gasteiger partial charge in [-0.05, 0) is 6.42 Å². The smallest absolute Gasteiger partial charge is 0.156 e. The molecule has 0 saturated heterocycles. The maximum Gasteiger partial charge on any atom is 0.156 e. The second-order valence-corrected chi connectivity index (χ2v) is 3.20. The number of aliphatic hydroxyl groups is 1. The Bertz CT molecular complexity index is 187. The standard InChI is InChI=1S/C9H21N3O3/c1-3-8(9(10)11-14)12(4-6-13)5-7-15-2/h8,13-14H,3-7H2,1-2H3,(H2,10,11). The van der Waals surface area contributed by atoms with Crippen molar-refractivity contribution in [2.45, 2.75) is 19.4 Å². The van der Waals surface area contributed by atoms with Crippen LogP contribution in [0, 0.1) is 0 Å². The van der Waals surface area contributed by atoms with Gasteiger partial charge in [-0.2, -0.15) is 0 Å². The predicted octanol–water partition coefficient (Wildman–Crippen LogP) is -0.548. The number of nitrogens with two attached hydrogens (primary N) is 1. The van der Waals surface area contributed by atoms with Gasteiger partial charge >= 0.3 is 0 Å². The van der Waals surface area contributed by atoms with E-state index in [2.05, 4.69) is 5.16 Å². The maximum absolute atomic E-state index is 8.91. The average molecular weight is 219 g/mol. The van der Waals surface area contributed by atoms with Crippen molar-refractivity contribution in [3.63, 3.8) is 0 Å². The average Bonchev–Trinajstić information content (AvgIpc) is 2.26. The highest BCUT2D eigenvalue weighted by Crippen LogP contribution is 2.04. The highest BCUT2D eigenvalue weighted by Gasteiger charge is 2.19. The zero-order chi connectivity index (χ0) is 11.7. The van der Waals surface area contributed by atoms with Crippen molar-refractivity contribution >= 4 is 5.84 Å². The Hall–Kier alpha value is -0.850. The van der Waals surface area contributed by atoms with Crippen molar-refractivity contribution in [1.82, 2.24) is 4.90 Å². The van der Waals surface area contributed by atoms with Crippen LogP contribution < -0.4 is 5.73 Å². The number of ether oxygens (including phenoxy) is 1. The van der Waals surface area contributed by atoms with E-state index in [9.17, 15) is 0 Å². The predicted molar refractivity (Wildman–Crippen MR) is 58.0 cm³/mol. The summed E-state index contributed by atoms with van der Waals surface area (Å²) in [6, 6.07) is -0.155. The number of methoxy groups -OCH3 is 1. The van der Waals surface area contributed by atoms with Gasteiger partial charge in [0.25, 0.3) is 0 Å². The summed E-state index contributed by atoms with van der Waals surface area (Å²) in [5, 5.41) is 20.5. The number of aliphatic hydroxyl groups excluding tert-OH is 1. The molecule has 0 fully saturated rings. The van der Waals surface area contributed by atoms with Crippen LogP contribution in [0.25, 0.3) is 0 Å². The van der Waals surface area contributed by atoms with Gasteiger partial charge in [-0.25, -0.2) is 0 Å². The quantitative estimate of drug-likeness (QED) is 0.220. The Morgan fingerprint density at radius 1 is 1.53 bits per heavy atom. The molecule has 0 bridgehead atoms. The molecule has 6 heteroatoms. The molecule has 0 heterocycles. The van der Waals surface area contributed by atoms with E-state index in [1.807, 2.05) is 11.8 Å². The van der Waals surface area contributed by atoms with Crippen molar-refractivity contribution in [3.8, 4) is 0 Å². The molecular formula is C9H21N3O3. The second-order valence-electron chi connectivity index (χ2n) is 3.20. The summed E-state index contributed by atoms with van der Waals surface area (Å²) in [6.45, 7) is 3.66. The molecule has 90 valence electrons. The number of oxime groups is 1. The highest BCUT2D eigenvalue weighted by molar-refractivity contribution is 5.85. The molecule has 1 unspecified atom stereocenters. The normalized spacial score (nSPS) is 14.5. The molecule has 0 aromatic heterocycles. The van der Waals surface area contributed by atoms with Gasteiger partial charge < -0.3 is 20.8 Å². The van der Waals surface area contributed by atoms with E-state index >= 15 is 0 Å². The summed E-state index contributed by atoms with van der Waals surface area (Å²) in [5.41, 5.74) is 5.57. The molecule has 0 aliphatic rings. The molecule has 0 saturated carbocycles. The van der Waals surface area contributed by atoms with Gasteiger partial charge in [-0.1, -0.05) is 12.1 Å². The summed E-state index contributed by atoms with van der Waals surface area (Å²) < 4.78 is 4.96. The second kappa shape index (κ2) is 8.46. The largest absolute Gasteiger partial charge is 0.409 e. The first kappa shape index (κ1) is 14.2. The fourth-order valence-electron chi connectivity index (χ4n) is 1.48. The summed E-state index contributed by atoms with van der Waals surface area (Å²) in [7, 11) is 1.61. The maximum atomic E-state index is 8.91. The van der Waals surface area contributed by atoms with E-state index in [4.69, 9.17) is 20.8 Å². The lowest BCUT2D eigenvalue weighted by Crippen LogP contribution is -2.47. The molecule has 0 aliphatic carbocycles. The summed E-state index contributed by atoms with van der Waals surface area (Å²) >= 11 is 0. The molecule has 4 N–H and O–H groups in total. The van der Waals surface area contributed by atoms with Gasteiger partial charge in [0.15, 0.2) is 5.84 Å². The van der Waals surface area contributed by atoms with E-state index in [0.29, 0.717) is 19.7 Å². The molecule has 0 spiro atoms. The Labute approximate surface area is 90.3 Å². The Morgan fingerprint density at radius 3 is 2.60 bits per heavy atom. The Balaban J connectivity index is 4.39. The lowest BCUT2D eigenvalue weighted by molar-refractivity contribution is 0.116. The number of hydrogen-bond acceptors (Lipinski definition) is 5. The van der Waals surface area contributed by atoms with Crippen molar-refractivity contribution in [3.05, 3.63) is 0 Å². The van der Waals surface area contributed by atoms with Crippen LogP contribution in [0.15, 0.2) is 5.16 Å². The zero-order valence-electron chi connectivity index (χ0n) is 9.39. The lowest BCUT2D eigenvalue weighted by atomic mass is 10.1. The van der Waals surface area contributed by atoms with Crippen LogP contribution in [0.5, 0.6) is 0 Å². The number of amidine groups is 1. The molecule has 0 aromatic carbocycles. The third-order valence-electron chi connectivity index (χ3n) is 2.25. The van der Waals surface area contributed by atoms with Crippen molar-refractivity contribution < 1.29 is 15.1 Å².